The lowest BCUT2D eigenvalue weighted by atomic mass is 10.1. The lowest BCUT2D eigenvalue weighted by Gasteiger charge is -2.16. The third-order valence-corrected chi connectivity index (χ3v) is 6.84. The number of carbonyl (C=O) groups is 1. The van der Waals surface area contributed by atoms with Crippen molar-refractivity contribution in [1.82, 2.24) is 14.8 Å². The highest BCUT2D eigenvalue weighted by Crippen LogP contribution is 2.32. The topological polar surface area (TPSA) is 59.8 Å². The van der Waals surface area contributed by atoms with E-state index in [4.69, 9.17) is 0 Å². The molecule has 3 aromatic carbocycles. The first-order valence-electron chi connectivity index (χ1n) is 10.7. The number of para-hydroxylation sites is 1. The molecule has 0 unspecified atom stereocenters. The Balaban J connectivity index is 1.65. The number of anilines is 1. The van der Waals surface area contributed by atoms with Gasteiger partial charge in [0.2, 0.25) is 5.91 Å². The van der Waals surface area contributed by atoms with Gasteiger partial charge in [-0.2, -0.15) is 0 Å². The average molecular weight is 521 g/mol. The molecule has 5 nitrogen and oxygen atoms in total. The van der Waals surface area contributed by atoms with Gasteiger partial charge < -0.3 is 5.32 Å². The van der Waals surface area contributed by atoms with Crippen LogP contribution in [0.2, 0.25) is 0 Å². The number of nitrogens with one attached hydrogen (secondary N) is 1. The number of aromatic nitrogens is 3. The number of benzene rings is 3. The van der Waals surface area contributed by atoms with E-state index in [1.54, 1.807) is 0 Å². The Morgan fingerprint density at radius 1 is 0.970 bits per heavy atom. The minimum Gasteiger partial charge on any atom is -0.325 e. The minimum absolute atomic E-state index is 0.0679. The molecule has 1 amide bonds. The molecule has 0 spiro atoms. The predicted molar refractivity (Wildman–Crippen MR) is 139 cm³/mol. The van der Waals surface area contributed by atoms with E-state index in [-0.39, 0.29) is 11.2 Å². The van der Waals surface area contributed by atoms with Crippen molar-refractivity contribution in [2.75, 3.05) is 5.32 Å². The SMILES string of the molecule is Cc1cc(C)c(NC(=O)[C@H](C)Sc2nnc(-c3cccc(Br)c3)n2-c2ccccc2)c(C)c1. The second-order valence-corrected chi connectivity index (χ2v) is 10.2. The van der Waals surface area contributed by atoms with Crippen molar-refractivity contribution in [3.8, 4) is 17.1 Å². The van der Waals surface area contributed by atoms with Gasteiger partial charge in [0.05, 0.1) is 5.25 Å². The zero-order chi connectivity index (χ0) is 23.5. The second kappa shape index (κ2) is 9.93. The van der Waals surface area contributed by atoms with E-state index in [2.05, 4.69) is 50.5 Å². The molecule has 0 saturated carbocycles. The van der Waals surface area contributed by atoms with E-state index in [0.29, 0.717) is 5.16 Å². The molecular formula is C26H25BrN4OS. The van der Waals surface area contributed by atoms with Crippen LogP contribution in [0.4, 0.5) is 5.69 Å². The molecule has 1 N–H and O–H groups in total. The summed E-state index contributed by atoms with van der Waals surface area (Å²) in [6, 6.07) is 22.1. The van der Waals surface area contributed by atoms with Crippen molar-refractivity contribution in [2.45, 2.75) is 38.1 Å². The number of nitrogens with zero attached hydrogens (tertiary/aromatic N) is 3. The van der Waals surface area contributed by atoms with Gasteiger partial charge in [-0.3, -0.25) is 9.36 Å². The van der Waals surface area contributed by atoms with E-state index in [1.165, 1.54) is 17.3 Å². The number of aryl methyl sites for hydroxylation is 3. The molecule has 1 atom stereocenters. The lowest BCUT2D eigenvalue weighted by molar-refractivity contribution is -0.115. The Labute approximate surface area is 206 Å². The summed E-state index contributed by atoms with van der Waals surface area (Å²) < 4.78 is 2.96. The second-order valence-electron chi connectivity index (χ2n) is 8.01. The van der Waals surface area contributed by atoms with Crippen molar-refractivity contribution >= 4 is 39.3 Å². The minimum atomic E-state index is -0.368. The van der Waals surface area contributed by atoms with Gasteiger partial charge in [-0.15, -0.1) is 10.2 Å². The molecule has 0 fully saturated rings. The highest BCUT2D eigenvalue weighted by atomic mass is 79.9. The largest absolute Gasteiger partial charge is 0.325 e. The Kier molecular flexibility index (Phi) is 7.00. The molecular weight excluding hydrogens is 496 g/mol. The molecule has 33 heavy (non-hydrogen) atoms. The number of halogens is 1. The number of hydrogen-bond donors (Lipinski definition) is 1. The molecule has 0 aliphatic rings. The number of thioether (sulfide) groups is 1. The van der Waals surface area contributed by atoms with Gasteiger partial charge in [0.25, 0.3) is 0 Å². The van der Waals surface area contributed by atoms with Crippen molar-refractivity contribution in [3.63, 3.8) is 0 Å². The van der Waals surface area contributed by atoms with E-state index >= 15 is 0 Å². The maximum absolute atomic E-state index is 13.1. The normalized spacial score (nSPS) is 11.9. The van der Waals surface area contributed by atoms with Crippen LogP contribution in [-0.4, -0.2) is 25.9 Å². The number of amides is 1. The highest BCUT2D eigenvalue weighted by molar-refractivity contribution is 9.10. The predicted octanol–water partition coefficient (Wildman–Crippen LogP) is 6.74. The maximum Gasteiger partial charge on any atom is 0.237 e. The molecule has 0 radical (unpaired) electrons. The Hall–Kier alpha value is -2.90. The van der Waals surface area contributed by atoms with Crippen LogP contribution in [0.1, 0.15) is 23.6 Å². The molecule has 7 heteroatoms. The summed E-state index contributed by atoms with van der Waals surface area (Å²) in [4.78, 5) is 13.1. The fourth-order valence-electron chi connectivity index (χ4n) is 3.78. The van der Waals surface area contributed by atoms with Crippen LogP contribution in [-0.2, 0) is 4.79 Å². The van der Waals surface area contributed by atoms with Crippen LogP contribution in [0.3, 0.4) is 0 Å². The molecule has 4 rings (SSSR count). The van der Waals surface area contributed by atoms with Crippen LogP contribution in [0.5, 0.6) is 0 Å². The quantitative estimate of drug-likeness (QED) is 0.286. The fraction of sp³-hybridized carbons (Fsp3) is 0.192. The average Bonchev–Trinajstić information content (AvgIpc) is 3.20. The number of rotatable bonds is 6. The van der Waals surface area contributed by atoms with E-state index in [1.807, 2.05) is 79.9 Å². The smallest absolute Gasteiger partial charge is 0.237 e. The molecule has 0 bridgehead atoms. The van der Waals surface area contributed by atoms with E-state index < -0.39 is 0 Å². The third-order valence-electron chi connectivity index (χ3n) is 5.31. The van der Waals surface area contributed by atoms with Crippen LogP contribution in [0.25, 0.3) is 17.1 Å². The molecule has 168 valence electrons. The van der Waals surface area contributed by atoms with Crippen LogP contribution < -0.4 is 5.32 Å². The van der Waals surface area contributed by atoms with Gasteiger partial charge in [-0.1, -0.05) is 75.7 Å². The van der Waals surface area contributed by atoms with Gasteiger partial charge in [-0.25, -0.2) is 0 Å². The maximum atomic E-state index is 13.1. The molecule has 0 saturated heterocycles. The van der Waals surface area contributed by atoms with E-state index in [9.17, 15) is 4.79 Å². The molecule has 1 heterocycles. The van der Waals surface area contributed by atoms with Crippen LogP contribution in [0.15, 0.2) is 76.4 Å². The van der Waals surface area contributed by atoms with Crippen molar-refractivity contribution < 1.29 is 4.79 Å². The molecule has 1 aromatic heterocycles. The molecule has 0 aliphatic carbocycles. The van der Waals surface area contributed by atoms with Gasteiger partial charge >= 0.3 is 0 Å². The summed E-state index contributed by atoms with van der Waals surface area (Å²) in [6.45, 7) is 7.98. The standard InChI is InChI=1S/C26H25BrN4OS/c1-16-13-17(2)23(18(3)14-16)28-25(32)19(4)33-26-30-29-24(20-9-8-10-21(27)15-20)31(26)22-11-6-5-7-12-22/h5-15,19H,1-4H3,(H,28,32)/t19-/m0/s1. The Morgan fingerprint density at radius 2 is 1.67 bits per heavy atom. The number of hydrogen-bond acceptors (Lipinski definition) is 4. The first kappa shape index (κ1) is 23.3. The van der Waals surface area contributed by atoms with Crippen molar-refractivity contribution in [3.05, 3.63) is 87.9 Å². The first-order valence-corrected chi connectivity index (χ1v) is 12.3. The van der Waals surface area contributed by atoms with Crippen molar-refractivity contribution in [1.29, 1.82) is 0 Å². The van der Waals surface area contributed by atoms with E-state index in [0.717, 1.165) is 38.4 Å². The highest BCUT2D eigenvalue weighted by Gasteiger charge is 2.22. The van der Waals surface area contributed by atoms with Gasteiger partial charge in [0.15, 0.2) is 11.0 Å². The Morgan fingerprint density at radius 3 is 2.33 bits per heavy atom. The monoisotopic (exact) mass is 520 g/mol. The summed E-state index contributed by atoms with van der Waals surface area (Å²) in [5, 5.41) is 12.3. The fourth-order valence-corrected chi connectivity index (χ4v) is 5.05. The Bertz CT molecular complexity index is 1280. The molecule has 0 aliphatic heterocycles. The van der Waals surface area contributed by atoms with Crippen LogP contribution in [0, 0.1) is 20.8 Å². The van der Waals surface area contributed by atoms with Gasteiger partial charge in [0.1, 0.15) is 0 Å². The zero-order valence-electron chi connectivity index (χ0n) is 19.0. The summed E-state index contributed by atoms with van der Waals surface area (Å²) in [7, 11) is 0. The summed E-state index contributed by atoms with van der Waals surface area (Å²) in [6.07, 6.45) is 0. The first-order chi connectivity index (χ1) is 15.8. The van der Waals surface area contributed by atoms with Crippen LogP contribution >= 0.6 is 27.7 Å². The summed E-state index contributed by atoms with van der Waals surface area (Å²) in [5.74, 6) is 0.657. The molecule has 4 aromatic rings. The van der Waals surface area contributed by atoms with Crippen molar-refractivity contribution in [2.24, 2.45) is 0 Å². The van der Waals surface area contributed by atoms with Gasteiger partial charge in [-0.05, 0) is 63.1 Å². The summed E-state index contributed by atoms with van der Waals surface area (Å²) >= 11 is 4.93. The zero-order valence-corrected chi connectivity index (χ0v) is 21.4. The lowest BCUT2D eigenvalue weighted by Crippen LogP contribution is -2.24. The number of carbonyl (C=O) groups excluding carboxylic acids is 1. The third kappa shape index (κ3) is 5.20. The van der Waals surface area contributed by atoms with Gasteiger partial charge in [0, 0.05) is 21.4 Å². The summed E-state index contributed by atoms with van der Waals surface area (Å²) in [5.41, 5.74) is 6.05.